The fourth-order valence-electron chi connectivity index (χ4n) is 2.79. The van der Waals surface area contributed by atoms with E-state index in [-0.39, 0.29) is 17.4 Å². The lowest BCUT2D eigenvalue weighted by Crippen LogP contribution is -2.27. The van der Waals surface area contributed by atoms with E-state index in [4.69, 9.17) is 0 Å². The fraction of sp³-hybridized carbons (Fsp3) is 0.476. The number of anilines is 3. The number of hydrogen-bond donors (Lipinski definition) is 2. The molecule has 0 spiro atoms. The van der Waals surface area contributed by atoms with Crippen molar-refractivity contribution in [3.8, 4) is 6.07 Å². The van der Waals surface area contributed by atoms with Crippen LogP contribution in [-0.2, 0) is 0 Å². The minimum Gasteiger partial charge on any atom is -0.365 e. The minimum atomic E-state index is -0.516. The molecule has 0 aliphatic rings. The highest BCUT2D eigenvalue weighted by Crippen LogP contribution is 2.26. The smallest absolute Gasteiger partial charge is 0.166 e. The van der Waals surface area contributed by atoms with Crippen molar-refractivity contribution in [3.63, 3.8) is 0 Å². The molecule has 2 aromatic rings. The van der Waals surface area contributed by atoms with E-state index in [1.54, 1.807) is 6.20 Å². The zero-order valence-electron chi connectivity index (χ0n) is 16.7. The summed E-state index contributed by atoms with van der Waals surface area (Å²) < 4.78 is 14.5. The molecule has 0 aromatic carbocycles. The van der Waals surface area contributed by atoms with Crippen molar-refractivity contribution >= 4 is 17.3 Å². The van der Waals surface area contributed by atoms with Crippen molar-refractivity contribution in [2.45, 2.75) is 59.9 Å². The molecule has 0 amide bonds. The molecule has 144 valence electrons. The molecule has 0 unspecified atom stereocenters. The van der Waals surface area contributed by atoms with E-state index in [0.717, 1.165) is 30.5 Å². The number of aromatic nitrogens is 2. The molecule has 27 heavy (non-hydrogen) atoms. The lowest BCUT2D eigenvalue weighted by Gasteiger charge is -2.23. The second-order valence-electron chi connectivity index (χ2n) is 7.22. The number of pyridine rings is 2. The maximum Gasteiger partial charge on any atom is 0.166 e. The van der Waals surface area contributed by atoms with E-state index in [1.165, 1.54) is 6.07 Å². The average molecular weight is 369 g/mol. The molecule has 1 atom stereocenters. The summed E-state index contributed by atoms with van der Waals surface area (Å²) in [6.45, 7) is 10.2. The minimum absolute atomic E-state index is 0.121. The van der Waals surface area contributed by atoms with Crippen molar-refractivity contribution in [1.29, 1.82) is 5.26 Å². The van der Waals surface area contributed by atoms with E-state index < -0.39 is 5.82 Å². The van der Waals surface area contributed by atoms with Crippen molar-refractivity contribution in [2.24, 2.45) is 5.92 Å². The lowest BCUT2D eigenvalue weighted by molar-refractivity contribution is 0.472. The van der Waals surface area contributed by atoms with Crippen LogP contribution in [0.25, 0.3) is 0 Å². The number of nitrogens with zero attached hydrogens (tertiary/aromatic N) is 3. The van der Waals surface area contributed by atoms with Gasteiger partial charge in [-0.3, -0.25) is 4.98 Å². The summed E-state index contributed by atoms with van der Waals surface area (Å²) >= 11 is 0. The topological polar surface area (TPSA) is 73.6 Å². The van der Waals surface area contributed by atoms with Crippen molar-refractivity contribution in [2.75, 3.05) is 10.6 Å². The highest BCUT2D eigenvalue weighted by atomic mass is 19.1. The zero-order valence-corrected chi connectivity index (χ0v) is 16.7. The first-order valence-corrected chi connectivity index (χ1v) is 9.43. The van der Waals surface area contributed by atoms with E-state index in [2.05, 4.69) is 41.4 Å². The monoisotopic (exact) mass is 369 g/mol. The van der Waals surface area contributed by atoms with Gasteiger partial charge in [-0.15, -0.1) is 0 Å². The van der Waals surface area contributed by atoms with Gasteiger partial charge in [0, 0.05) is 11.7 Å². The van der Waals surface area contributed by atoms with Crippen LogP contribution in [0.4, 0.5) is 21.7 Å². The van der Waals surface area contributed by atoms with Gasteiger partial charge >= 0.3 is 0 Å². The van der Waals surface area contributed by atoms with E-state index in [0.29, 0.717) is 17.4 Å². The van der Waals surface area contributed by atoms with Gasteiger partial charge in [0.05, 0.1) is 17.4 Å². The van der Waals surface area contributed by atoms with Crippen LogP contribution in [0.3, 0.4) is 0 Å². The van der Waals surface area contributed by atoms with Gasteiger partial charge in [-0.2, -0.15) is 5.26 Å². The molecule has 0 fully saturated rings. The molecule has 5 nitrogen and oxygen atoms in total. The van der Waals surface area contributed by atoms with Crippen LogP contribution in [0.5, 0.6) is 0 Å². The third kappa shape index (κ3) is 5.40. The number of hydrogen-bond acceptors (Lipinski definition) is 5. The van der Waals surface area contributed by atoms with E-state index in [9.17, 15) is 9.65 Å². The first-order chi connectivity index (χ1) is 12.8. The third-order valence-electron chi connectivity index (χ3n) is 4.69. The summed E-state index contributed by atoms with van der Waals surface area (Å²) in [4.78, 5) is 8.69. The zero-order chi connectivity index (χ0) is 20.0. The molecule has 2 aromatic heterocycles. The maximum atomic E-state index is 14.5. The summed E-state index contributed by atoms with van der Waals surface area (Å²) in [6.07, 6.45) is 4.77. The van der Waals surface area contributed by atoms with Gasteiger partial charge in [0.15, 0.2) is 17.5 Å². The molecule has 0 saturated carbocycles. The second-order valence-corrected chi connectivity index (χ2v) is 7.22. The lowest BCUT2D eigenvalue weighted by atomic mass is 9.98. The van der Waals surface area contributed by atoms with Crippen molar-refractivity contribution < 1.29 is 4.39 Å². The summed E-state index contributed by atoms with van der Waals surface area (Å²) in [5, 5.41) is 15.7. The predicted molar refractivity (Wildman–Crippen MR) is 108 cm³/mol. The molecule has 0 aliphatic heterocycles. The third-order valence-corrected chi connectivity index (χ3v) is 4.69. The molecule has 6 heteroatoms. The van der Waals surface area contributed by atoms with Gasteiger partial charge in [-0.05, 0) is 43.9 Å². The van der Waals surface area contributed by atoms with Crippen molar-refractivity contribution in [3.05, 3.63) is 41.0 Å². The van der Waals surface area contributed by atoms with E-state index in [1.807, 2.05) is 26.0 Å². The van der Waals surface area contributed by atoms with Crippen LogP contribution in [0.1, 0.15) is 56.9 Å². The standard InChI is InChI=1S/C21H28FN5/c1-6-7-8-19(13(2)3)26-21-18(22)10-16(11-23)20(27-21)25-17-9-14(4)15(5)24-12-17/h9-10,12-13,19H,6-8H2,1-5H3,(H2,25,26,27)/t19-/m1/s1. The largest absolute Gasteiger partial charge is 0.365 e. The Bertz CT molecular complexity index is 826. The van der Waals surface area contributed by atoms with Gasteiger partial charge in [-0.25, -0.2) is 9.37 Å². The van der Waals surface area contributed by atoms with Crippen molar-refractivity contribution in [1.82, 2.24) is 9.97 Å². The Kier molecular flexibility index (Phi) is 7.12. The molecule has 2 heterocycles. The van der Waals surface area contributed by atoms with Crippen LogP contribution < -0.4 is 10.6 Å². The highest BCUT2D eigenvalue weighted by molar-refractivity contribution is 5.65. The summed E-state index contributed by atoms with van der Waals surface area (Å²) in [6, 6.07) is 5.28. The van der Waals surface area contributed by atoms with Gasteiger partial charge in [0.1, 0.15) is 6.07 Å². The molecule has 0 radical (unpaired) electrons. The highest BCUT2D eigenvalue weighted by Gasteiger charge is 2.18. The molecular formula is C21H28FN5. The first kappa shape index (κ1) is 20.6. The van der Waals surface area contributed by atoms with Crippen LogP contribution >= 0.6 is 0 Å². The Morgan fingerprint density at radius 2 is 1.96 bits per heavy atom. The SMILES string of the molecule is CCCC[C@@H](Nc1nc(Nc2cnc(C)c(C)c2)c(C#N)cc1F)C(C)C. The van der Waals surface area contributed by atoms with Gasteiger partial charge < -0.3 is 10.6 Å². The molecule has 0 aliphatic carbocycles. The normalized spacial score (nSPS) is 11.9. The quantitative estimate of drug-likeness (QED) is 0.645. The Balaban J connectivity index is 2.33. The summed E-state index contributed by atoms with van der Waals surface area (Å²) in [5.74, 6) is 0.318. The number of aryl methyl sites for hydroxylation is 2. The summed E-state index contributed by atoms with van der Waals surface area (Å²) in [5.41, 5.74) is 2.83. The van der Waals surface area contributed by atoms with Crippen LogP contribution in [0, 0.1) is 36.9 Å². The Hall–Kier alpha value is -2.68. The molecule has 2 N–H and O–H groups in total. The molecule has 0 saturated heterocycles. The fourth-order valence-corrected chi connectivity index (χ4v) is 2.79. The van der Waals surface area contributed by atoms with Crippen LogP contribution in [0.2, 0.25) is 0 Å². The number of nitrogens with one attached hydrogen (secondary N) is 2. The number of halogens is 1. The molecular weight excluding hydrogens is 341 g/mol. The maximum absolute atomic E-state index is 14.5. The van der Waals surface area contributed by atoms with Gasteiger partial charge in [0.2, 0.25) is 0 Å². The van der Waals surface area contributed by atoms with E-state index >= 15 is 0 Å². The average Bonchev–Trinajstić information content (AvgIpc) is 2.63. The Labute approximate surface area is 161 Å². The second kappa shape index (κ2) is 9.31. The Morgan fingerprint density at radius 1 is 1.22 bits per heavy atom. The number of rotatable bonds is 8. The number of nitriles is 1. The van der Waals surface area contributed by atoms with Gasteiger partial charge in [0.25, 0.3) is 0 Å². The Morgan fingerprint density at radius 3 is 2.56 bits per heavy atom. The van der Waals surface area contributed by atoms with Gasteiger partial charge in [-0.1, -0.05) is 33.6 Å². The summed E-state index contributed by atoms with van der Waals surface area (Å²) in [7, 11) is 0. The molecule has 0 bridgehead atoms. The van der Waals surface area contributed by atoms with Crippen LogP contribution in [-0.4, -0.2) is 16.0 Å². The van der Waals surface area contributed by atoms with Crippen LogP contribution in [0.15, 0.2) is 18.3 Å². The molecule has 2 rings (SSSR count). The first-order valence-electron chi connectivity index (χ1n) is 9.43. The number of unbranched alkanes of at least 4 members (excludes halogenated alkanes) is 1. The predicted octanol–water partition coefficient (Wildman–Crippen LogP) is 5.47.